The number of hydrazine groups is 1. The Labute approximate surface area is 108 Å². The summed E-state index contributed by atoms with van der Waals surface area (Å²) in [5, 5.41) is 0. The van der Waals surface area contributed by atoms with E-state index < -0.39 is 0 Å². The van der Waals surface area contributed by atoms with E-state index in [1.54, 1.807) is 0 Å². The molecule has 98 valence electrons. The number of nitrogens with one attached hydrogen (secondary N) is 1. The first kappa shape index (κ1) is 12.9. The zero-order chi connectivity index (χ0) is 13.0. The number of nitrogen functional groups attached to an aromatic ring is 1. The van der Waals surface area contributed by atoms with Gasteiger partial charge >= 0.3 is 0 Å². The van der Waals surface area contributed by atoms with Crippen LogP contribution in [0.3, 0.4) is 0 Å². The molecule has 0 atom stereocenters. The van der Waals surface area contributed by atoms with E-state index in [0.717, 1.165) is 13.1 Å². The van der Waals surface area contributed by atoms with Gasteiger partial charge in [0.1, 0.15) is 0 Å². The molecule has 1 aliphatic rings. The van der Waals surface area contributed by atoms with Crippen LogP contribution in [-0.2, 0) is 0 Å². The van der Waals surface area contributed by atoms with Crippen molar-refractivity contribution in [2.75, 3.05) is 18.5 Å². The fraction of sp³-hybridized carbons (Fsp3) is 0.500. The number of rotatable bonds is 5. The third-order valence-corrected chi connectivity index (χ3v) is 3.69. The lowest BCUT2D eigenvalue weighted by molar-refractivity contribution is 0.0707. The SMILES string of the molecule is CCN(CC1CCC1)C(=O)c1ccccc1NN. The lowest BCUT2D eigenvalue weighted by Gasteiger charge is -2.32. The summed E-state index contributed by atoms with van der Waals surface area (Å²) < 4.78 is 0. The summed E-state index contributed by atoms with van der Waals surface area (Å²) in [6, 6.07) is 7.38. The van der Waals surface area contributed by atoms with Crippen LogP contribution in [0.4, 0.5) is 5.69 Å². The van der Waals surface area contributed by atoms with Crippen LogP contribution in [0.5, 0.6) is 0 Å². The number of carbonyl (C=O) groups excluding carboxylic acids is 1. The third kappa shape index (κ3) is 2.64. The lowest BCUT2D eigenvalue weighted by Crippen LogP contribution is -2.37. The molecule has 4 heteroatoms. The van der Waals surface area contributed by atoms with E-state index in [2.05, 4.69) is 5.43 Å². The largest absolute Gasteiger partial charge is 0.339 e. The van der Waals surface area contributed by atoms with Crippen molar-refractivity contribution in [1.82, 2.24) is 4.90 Å². The molecule has 1 amide bonds. The Morgan fingerprint density at radius 2 is 2.17 bits per heavy atom. The number of hydrogen-bond donors (Lipinski definition) is 2. The van der Waals surface area contributed by atoms with Crippen LogP contribution >= 0.6 is 0 Å². The van der Waals surface area contributed by atoms with Gasteiger partial charge in [0.15, 0.2) is 0 Å². The van der Waals surface area contributed by atoms with Gasteiger partial charge in [-0.25, -0.2) is 0 Å². The van der Waals surface area contributed by atoms with Gasteiger partial charge in [-0.3, -0.25) is 10.6 Å². The van der Waals surface area contributed by atoms with Crippen molar-refractivity contribution in [3.8, 4) is 0 Å². The second-order valence-electron chi connectivity index (χ2n) is 4.83. The van der Waals surface area contributed by atoms with E-state index in [1.165, 1.54) is 19.3 Å². The van der Waals surface area contributed by atoms with E-state index in [9.17, 15) is 4.79 Å². The van der Waals surface area contributed by atoms with Crippen molar-refractivity contribution >= 4 is 11.6 Å². The molecule has 3 N–H and O–H groups in total. The molecular formula is C14H21N3O. The number of nitrogens with two attached hydrogens (primary N) is 1. The van der Waals surface area contributed by atoms with Crippen molar-refractivity contribution in [3.05, 3.63) is 29.8 Å². The maximum absolute atomic E-state index is 12.5. The minimum absolute atomic E-state index is 0.0675. The molecule has 0 saturated heterocycles. The number of amides is 1. The summed E-state index contributed by atoms with van der Waals surface area (Å²) in [7, 11) is 0. The number of benzene rings is 1. The molecule has 18 heavy (non-hydrogen) atoms. The fourth-order valence-corrected chi connectivity index (χ4v) is 2.31. The van der Waals surface area contributed by atoms with Gasteiger partial charge in [-0.1, -0.05) is 18.6 Å². The zero-order valence-electron chi connectivity index (χ0n) is 10.9. The first-order valence-electron chi connectivity index (χ1n) is 6.61. The van der Waals surface area contributed by atoms with Crippen molar-refractivity contribution in [1.29, 1.82) is 0 Å². The molecule has 1 aliphatic carbocycles. The van der Waals surface area contributed by atoms with E-state index in [-0.39, 0.29) is 5.91 Å². The van der Waals surface area contributed by atoms with Crippen LogP contribution in [0.25, 0.3) is 0 Å². The molecule has 0 spiro atoms. The Kier molecular flexibility index (Phi) is 4.20. The number of anilines is 1. The summed E-state index contributed by atoms with van der Waals surface area (Å²) in [4.78, 5) is 14.4. The van der Waals surface area contributed by atoms with Gasteiger partial charge in [-0.05, 0) is 37.8 Å². The molecule has 1 fully saturated rings. The van der Waals surface area contributed by atoms with Crippen LogP contribution in [0.1, 0.15) is 36.5 Å². The molecule has 0 bridgehead atoms. The predicted octanol–water partition coefficient (Wildman–Crippen LogP) is 2.23. The topological polar surface area (TPSA) is 58.4 Å². The lowest BCUT2D eigenvalue weighted by atomic mass is 9.85. The van der Waals surface area contributed by atoms with E-state index in [4.69, 9.17) is 5.84 Å². The molecule has 0 radical (unpaired) electrons. The minimum atomic E-state index is 0.0675. The molecule has 1 saturated carbocycles. The normalized spacial score (nSPS) is 15.0. The quantitative estimate of drug-likeness (QED) is 0.619. The molecular weight excluding hydrogens is 226 g/mol. The maximum Gasteiger partial charge on any atom is 0.256 e. The number of para-hydroxylation sites is 1. The van der Waals surface area contributed by atoms with Crippen molar-refractivity contribution in [3.63, 3.8) is 0 Å². The Balaban J connectivity index is 2.11. The van der Waals surface area contributed by atoms with E-state index in [1.807, 2.05) is 36.1 Å². The van der Waals surface area contributed by atoms with Crippen LogP contribution in [0, 0.1) is 5.92 Å². The highest BCUT2D eigenvalue weighted by molar-refractivity contribution is 5.99. The van der Waals surface area contributed by atoms with Crippen LogP contribution in [0.2, 0.25) is 0 Å². The van der Waals surface area contributed by atoms with Crippen LogP contribution in [-0.4, -0.2) is 23.9 Å². The van der Waals surface area contributed by atoms with Gasteiger partial charge in [0.25, 0.3) is 5.91 Å². The Morgan fingerprint density at radius 1 is 1.44 bits per heavy atom. The first-order chi connectivity index (χ1) is 8.76. The van der Waals surface area contributed by atoms with Crippen LogP contribution < -0.4 is 11.3 Å². The van der Waals surface area contributed by atoms with Gasteiger partial charge in [0, 0.05) is 13.1 Å². The maximum atomic E-state index is 12.5. The van der Waals surface area contributed by atoms with Crippen molar-refractivity contribution in [2.24, 2.45) is 11.8 Å². The van der Waals surface area contributed by atoms with E-state index in [0.29, 0.717) is 17.2 Å². The summed E-state index contributed by atoms with van der Waals surface area (Å²) in [6.07, 6.45) is 3.80. The first-order valence-corrected chi connectivity index (χ1v) is 6.61. The standard InChI is InChI=1S/C14H21N3O/c1-2-17(10-11-6-5-7-11)14(18)12-8-3-4-9-13(12)16-15/h3-4,8-9,11,16H,2,5-7,10,15H2,1H3. The molecule has 2 rings (SSSR count). The molecule has 0 heterocycles. The monoisotopic (exact) mass is 247 g/mol. The van der Waals surface area contributed by atoms with E-state index >= 15 is 0 Å². The van der Waals surface area contributed by atoms with Crippen molar-refractivity contribution in [2.45, 2.75) is 26.2 Å². The highest BCUT2D eigenvalue weighted by Gasteiger charge is 2.24. The Hall–Kier alpha value is -1.55. The number of hydrogen-bond acceptors (Lipinski definition) is 3. The van der Waals surface area contributed by atoms with Crippen LogP contribution in [0.15, 0.2) is 24.3 Å². The highest BCUT2D eigenvalue weighted by atomic mass is 16.2. The zero-order valence-corrected chi connectivity index (χ0v) is 10.9. The third-order valence-electron chi connectivity index (χ3n) is 3.69. The second-order valence-corrected chi connectivity index (χ2v) is 4.83. The summed E-state index contributed by atoms with van der Waals surface area (Å²) in [5.41, 5.74) is 3.93. The highest BCUT2D eigenvalue weighted by Crippen LogP contribution is 2.28. The summed E-state index contributed by atoms with van der Waals surface area (Å²) in [6.45, 7) is 3.64. The van der Waals surface area contributed by atoms with Gasteiger partial charge in [-0.15, -0.1) is 0 Å². The molecule has 0 unspecified atom stereocenters. The molecule has 4 nitrogen and oxygen atoms in total. The molecule has 1 aromatic rings. The Bertz CT molecular complexity index is 415. The fourth-order valence-electron chi connectivity index (χ4n) is 2.31. The number of nitrogens with zero attached hydrogens (tertiary/aromatic N) is 1. The molecule has 0 aromatic heterocycles. The van der Waals surface area contributed by atoms with Gasteiger partial charge in [0.05, 0.1) is 11.3 Å². The van der Waals surface area contributed by atoms with Gasteiger partial charge in [-0.2, -0.15) is 0 Å². The molecule has 0 aliphatic heterocycles. The predicted molar refractivity (Wildman–Crippen MR) is 73.2 cm³/mol. The Morgan fingerprint density at radius 3 is 2.72 bits per heavy atom. The molecule has 1 aromatic carbocycles. The summed E-state index contributed by atoms with van der Waals surface area (Å²) in [5.74, 6) is 6.20. The average molecular weight is 247 g/mol. The smallest absolute Gasteiger partial charge is 0.256 e. The number of carbonyl (C=O) groups is 1. The summed E-state index contributed by atoms with van der Waals surface area (Å²) >= 11 is 0. The van der Waals surface area contributed by atoms with Gasteiger partial charge in [0.2, 0.25) is 0 Å². The van der Waals surface area contributed by atoms with Crippen molar-refractivity contribution < 1.29 is 4.79 Å². The minimum Gasteiger partial charge on any atom is -0.339 e. The second kappa shape index (κ2) is 5.87. The van der Waals surface area contributed by atoms with Gasteiger partial charge < -0.3 is 10.3 Å². The average Bonchev–Trinajstić information content (AvgIpc) is 2.37.